The van der Waals surface area contributed by atoms with Crippen molar-refractivity contribution in [1.29, 1.82) is 0 Å². The molecular weight excluding hydrogens is 1700 g/mol. The number of piperidine rings is 2. The third-order valence-corrected chi connectivity index (χ3v) is 29.3. The average molecular weight is 1820 g/mol. The molecule has 36 nitrogen and oxygen atoms in total. The van der Waals surface area contributed by atoms with Crippen molar-refractivity contribution in [1.82, 2.24) is 52.0 Å². The number of alkyl carbamates (subject to hydrolysis) is 1. The molecule has 1 aromatic heterocycles. The van der Waals surface area contributed by atoms with Crippen LogP contribution in [-0.2, 0) is 97.1 Å². The molecule has 2 unspecified atom stereocenters. The number of likely N-dealkylation sites (N-methyl/N-ethyl adjacent to an activating group) is 1. The van der Waals surface area contributed by atoms with Crippen molar-refractivity contribution >= 4 is 122 Å². The standard InChI is InChI=1S/C90H118N12O24S2/c1-6-87-30-16-35-102-37-32-89(81(87)102)58-44-59(86(3)47-69-88(122,7-2)31-17-34-101(69)36-29-57-56-22-14-15-23-61(56)96-76(57)86)68(124-5)46-65(58)100(4)82(89)90(123,83(87)119)70(106)49-94-85(121)125-38-39-127-128-50-55(79(115)116)43-67(105)64(45-75(111)112)97-78(114)60(91)48-93-77(113)54(40-52-18-10-8-11-19-52)42-66(104)63(41-53-20-12-9-13-21-53)95-72(108)28-33-92-71(107)25-24-62(80(117)118)98-84(120)99-73(126-51-103)26-27-74(109)110/h8-15,18-23,44,46,51,54-55,60,62-64,69,73,81-83,96,119,122-123H,6-7,16-17,24-43,45,47-50,91H2,1-5H3,(H,92,107)(H,93,113)(H,94,121)(H,95,108)(H,97,114)(H,109,110)(H,111,112)(H,115,116)(H,117,118)(H2,98,99,120)/t54-,55+,60+,62+,63+,64+,69?,73-,81+,82?,83-,86-,87-,88+,89-,90+/m1/s1. The molecule has 128 heavy (non-hydrogen) atoms. The SMILES string of the molecule is CC[C@]1(O)CCCN2CCc3c([nH]c4ccccc34)[C@@](C)(c3cc4c(cc3OC)N(C)C3[C@]45CCN4CCC[C@@](CC)([C@@H](O)[C@]3(O)C(=O)CNC(=O)OCCSSC[C@H](CC(=O)[C@H](CC(=O)O)NC(=O)[C@@H](N)CNC(=O)[C@@H](CC(=O)[C@H](Cc3ccccc3)NC(=O)CCNC(=O)CC[C@H](NC(=O)N[C@@H](CCC(=O)O)OC=O)C(=O)O)Cc3ccccc3)C(=O)O)[C@H]45)CC21. The summed E-state index contributed by atoms with van der Waals surface area (Å²) < 4.78 is 16.6. The van der Waals surface area contributed by atoms with Gasteiger partial charge in [0, 0.05) is 138 Å². The highest BCUT2D eigenvalue weighted by molar-refractivity contribution is 8.76. The molecule has 38 heteroatoms. The molecule has 7 amide bonds. The van der Waals surface area contributed by atoms with Gasteiger partial charge in [0.2, 0.25) is 23.6 Å². The number of carboxylic acids is 4. The molecule has 694 valence electrons. The van der Waals surface area contributed by atoms with Crippen LogP contribution in [0.4, 0.5) is 15.3 Å². The number of carbonyl (C=O) groups excluding carboxylic acids is 10. The van der Waals surface area contributed by atoms with Gasteiger partial charge >= 0.3 is 36.0 Å². The zero-order valence-electron chi connectivity index (χ0n) is 72.5. The maximum Gasteiger partial charge on any atom is 0.407 e. The van der Waals surface area contributed by atoms with Crippen molar-refractivity contribution in [2.75, 3.05) is 83.0 Å². The molecule has 1 aliphatic carbocycles. The number of ether oxygens (including phenoxy) is 3. The molecule has 5 aliphatic heterocycles. The summed E-state index contributed by atoms with van der Waals surface area (Å²) in [6.07, 6.45) is -2.80. The number of urea groups is 1. The van der Waals surface area contributed by atoms with E-state index in [0.29, 0.717) is 68.4 Å². The number of aliphatic hydroxyl groups is 3. The molecule has 4 aromatic carbocycles. The van der Waals surface area contributed by atoms with Crippen molar-refractivity contribution < 1.29 is 117 Å². The van der Waals surface area contributed by atoms with Crippen molar-refractivity contribution in [3.63, 3.8) is 0 Å². The number of para-hydroxylation sites is 1. The molecule has 6 aliphatic rings. The molecule has 1 spiro atoms. The lowest BCUT2D eigenvalue weighted by atomic mass is 9.46. The van der Waals surface area contributed by atoms with Crippen LogP contribution in [0.1, 0.15) is 157 Å². The van der Waals surface area contributed by atoms with Crippen LogP contribution in [-0.4, -0.2) is 278 Å². The minimum absolute atomic E-state index is 0.0334. The number of aliphatic carboxylic acids is 4. The number of aromatic nitrogens is 1. The first-order valence-corrected chi connectivity index (χ1v) is 46.0. The number of rotatable bonds is 46. The lowest BCUT2D eigenvalue weighted by Gasteiger charge is -2.65. The molecule has 6 heterocycles. The van der Waals surface area contributed by atoms with Crippen LogP contribution in [0.3, 0.4) is 0 Å². The van der Waals surface area contributed by atoms with E-state index in [1.54, 1.807) is 67.8 Å². The van der Waals surface area contributed by atoms with Gasteiger partial charge in [0.1, 0.15) is 24.4 Å². The fraction of sp³-hybridized carbons (Fsp3) is 0.556. The van der Waals surface area contributed by atoms with Crippen LogP contribution >= 0.6 is 21.6 Å². The monoisotopic (exact) mass is 1810 g/mol. The number of anilines is 1. The number of nitrogens with two attached hydrogens (primary N) is 1. The van der Waals surface area contributed by atoms with Gasteiger partial charge in [0.05, 0.1) is 62.2 Å². The van der Waals surface area contributed by atoms with Crippen LogP contribution in [0, 0.1) is 17.3 Å². The lowest BCUT2D eigenvalue weighted by Crippen LogP contribution is -2.81. The minimum Gasteiger partial charge on any atom is -0.496 e. The van der Waals surface area contributed by atoms with Gasteiger partial charge in [-0.25, -0.2) is 14.4 Å². The number of H-pyrrole nitrogens is 1. The van der Waals surface area contributed by atoms with Crippen LogP contribution in [0.2, 0.25) is 0 Å². The number of nitrogens with one attached hydrogen (secondary N) is 8. The Labute approximate surface area is 748 Å². The predicted octanol–water partition coefficient (Wildman–Crippen LogP) is 4.15. The van der Waals surface area contributed by atoms with Crippen molar-refractivity contribution in [3.05, 3.63) is 131 Å². The number of carboxylic acid groups (broad SMARTS) is 4. The van der Waals surface area contributed by atoms with Gasteiger partial charge in [-0.05, 0) is 138 Å². The number of amides is 7. The van der Waals surface area contributed by atoms with Gasteiger partial charge in [-0.2, -0.15) is 0 Å². The van der Waals surface area contributed by atoms with Gasteiger partial charge in [0.15, 0.2) is 29.2 Å². The first kappa shape index (κ1) is 97.9. The molecule has 0 radical (unpaired) electrons. The Morgan fingerprint density at radius 1 is 0.664 bits per heavy atom. The van der Waals surface area contributed by atoms with Crippen LogP contribution in [0.15, 0.2) is 97.1 Å². The Kier molecular flexibility index (Phi) is 33.0. The van der Waals surface area contributed by atoms with Gasteiger partial charge in [-0.3, -0.25) is 62.5 Å². The molecule has 11 rings (SSSR count). The number of benzene rings is 4. The highest BCUT2D eigenvalue weighted by Crippen LogP contribution is 2.69. The van der Waals surface area contributed by atoms with Crippen LogP contribution in [0.5, 0.6) is 5.75 Å². The highest BCUT2D eigenvalue weighted by Gasteiger charge is 2.79. The van der Waals surface area contributed by atoms with E-state index in [1.165, 1.54) is 5.56 Å². The Morgan fingerprint density at radius 3 is 2.02 bits per heavy atom. The van der Waals surface area contributed by atoms with Crippen LogP contribution < -0.4 is 52.6 Å². The number of hydrogen-bond donors (Lipinski definition) is 16. The zero-order chi connectivity index (χ0) is 92.6. The Hall–Kier alpha value is -10.7. The normalized spacial score (nSPS) is 24.4. The molecule has 1 saturated carbocycles. The van der Waals surface area contributed by atoms with Gasteiger partial charge in [-0.15, -0.1) is 0 Å². The van der Waals surface area contributed by atoms with Crippen LogP contribution in [0.25, 0.3) is 10.9 Å². The van der Waals surface area contributed by atoms with E-state index in [9.17, 15) is 93.0 Å². The molecule has 3 saturated heterocycles. The fourth-order valence-electron chi connectivity index (χ4n) is 20.6. The summed E-state index contributed by atoms with van der Waals surface area (Å²) >= 11 is 0. The fourth-order valence-corrected chi connectivity index (χ4v) is 22.7. The number of ketones is 3. The van der Waals surface area contributed by atoms with E-state index in [-0.39, 0.29) is 68.9 Å². The number of aromatic amines is 1. The van der Waals surface area contributed by atoms with Gasteiger partial charge in [0.25, 0.3) is 6.47 Å². The lowest BCUT2D eigenvalue weighted by molar-refractivity contribution is -0.220. The minimum atomic E-state index is -2.46. The number of Topliss-reactive ketones (excluding diaryl/α,β-unsaturated/α-hetero) is 3. The van der Waals surface area contributed by atoms with E-state index >= 15 is 4.79 Å². The maximum absolute atomic E-state index is 15.4. The number of carbonyl (C=O) groups is 14. The van der Waals surface area contributed by atoms with Gasteiger partial charge in [-0.1, -0.05) is 114 Å². The molecule has 17 N–H and O–H groups in total. The summed E-state index contributed by atoms with van der Waals surface area (Å²) in [7, 11) is 5.56. The number of nitrogens with zero attached hydrogens (tertiary/aromatic N) is 3. The number of hydrogen-bond acceptors (Lipinski definition) is 26. The quantitative estimate of drug-likeness (QED) is 0.0113. The summed E-state index contributed by atoms with van der Waals surface area (Å²) in [5, 5.41) is 96.3. The predicted molar refractivity (Wildman–Crippen MR) is 471 cm³/mol. The Morgan fingerprint density at radius 2 is 1.34 bits per heavy atom. The first-order valence-electron chi connectivity index (χ1n) is 43.5. The average Bonchev–Trinajstić information content (AvgIpc) is 1.47. The summed E-state index contributed by atoms with van der Waals surface area (Å²) in [5.74, 6) is -13.6. The third-order valence-electron chi connectivity index (χ3n) is 26.9. The number of fused-ring (bicyclic) bond motifs is 5. The van der Waals surface area contributed by atoms with Gasteiger partial charge < -0.3 is 103 Å². The van der Waals surface area contributed by atoms with Crippen molar-refractivity contribution in [3.8, 4) is 5.75 Å². The zero-order valence-corrected chi connectivity index (χ0v) is 74.1. The Bertz CT molecular complexity index is 4900. The maximum atomic E-state index is 15.4. The summed E-state index contributed by atoms with van der Waals surface area (Å²) in [6, 6.07) is 20.7. The van der Waals surface area contributed by atoms with E-state index in [2.05, 4.69) is 94.9 Å². The summed E-state index contributed by atoms with van der Waals surface area (Å²) in [4.78, 5) is 194. The number of aliphatic hydroxyl groups excluding tert-OH is 1. The molecule has 0 bridgehead atoms. The summed E-state index contributed by atoms with van der Waals surface area (Å²) in [5.41, 5.74) is 7.18. The number of methoxy groups -OCH3 is 1. The Balaban J connectivity index is 0.674. The molecule has 4 fully saturated rings. The van der Waals surface area contributed by atoms with Crippen molar-refractivity contribution in [2.24, 2.45) is 23.0 Å². The largest absolute Gasteiger partial charge is 0.496 e. The van der Waals surface area contributed by atoms with E-state index in [4.69, 9.17) is 20.3 Å². The van der Waals surface area contributed by atoms with E-state index in [0.717, 1.165) is 87.5 Å². The third kappa shape index (κ3) is 21.9. The highest BCUT2D eigenvalue weighted by atomic mass is 33.1. The van der Waals surface area contributed by atoms with E-state index < -0.39 is 210 Å². The topological polar surface area (TPSA) is 544 Å². The van der Waals surface area contributed by atoms with E-state index in [1.807, 2.05) is 31.0 Å². The molecule has 16 atom stereocenters. The second-order valence-corrected chi connectivity index (χ2v) is 37.2. The smallest absolute Gasteiger partial charge is 0.407 e. The van der Waals surface area contributed by atoms with Crippen molar-refractivity contribution in [2.45, 2.75) is 219 Å². The second kappa shape index (κ2) is 43.1. The second-order valence-electron chi connectivity index (χ2n) is 34.6. The first-order chi connectivity index (χ1) is 61.1. The summed E-state index contributed by atoms with van der Waals surface area (Å²) in [6.45, 7) is 7.40. The molecule has 5 aromatic rings. The molecular formula is C90H118N12O24S2.